The van der Waals surface area contributed by atoms with Gasteiger partial charge in [-0.15, -0.1) is 0 Å². The number of hydrogen-bond donors (Lipinski definition) is 2. The minimum Gasteiger partial charge on any atom is -0.355 e. The number of benzene rings is 2. The molecule has 0 aliphatic carbocycles. The number of rotatable bonds is 5. The lowest BCUT2D eigenvalue weighted by Gasteiger charge is -2.22. The first kappa shape index (κ1) is 18.8. The fourth-order valence-corrected chi connectivity index (χ4v) is 2.60. The Kier molecular flexibility index (Phi) is 6.83. The number of carbonyl (C=O) groups is 1. The van der Waals surface area contributed by atoms with Crippen LogP contribution in [0.1, 0.15) is 21.5 Å². The Hall–Kier alpha value is -2.53. The second-order valence-electron chi connectivity index (χ2n) is 5.66. The number of hydrogen-bond acceptors (Lipinski definition) is 2. The van der Waals surface area contributed by atoms with Gasteiger partial charge in [0.2, 0.25) is 0 Å². The van der Waals surface area contributed by atoms with Gasteiger partial charge in [-0.25, -0.2) is 0 Å². The topological polar surface area (TPSA) is 56.7 Å². The number of guanidine groups is 1. The van der Waals surface area contributed by atoms with Crippen molar-refractivity contribution >= 4 is 23.5 Å². The summed E-state index contributed by atoms with van der Waals surface area (Å²) < 4.78 is 0. The first-order valence-corrected chi connectivity index (χ1v) is 8.38. The van der Waals surface area contributed by atoms with E-state index in [0.717, 1.165) is 28.7 Å². The predicted octanol–water partition coefficient (Wildman–Crippen LogP) is 2.91. The number of aliphatic imine (C=N–C) groups is 1. The Morgan fingerprint density at radius 2 is 1.88 bits per heavy atom. The molecule has 0 spiro atoms. The van der Waals surface area contributed by atoms with Gasteiger partial charge in [0.25, 0.3) is 5.91 Å². The lowest BCUT2D eigenvalue weighted by molar-refractivity contribution is 0.0963. The Labute approximate surface area is 153 Å². The van der Waals surface area contributed by atoms with Gasteiger partial charge in [-0.2, -0.15) is 0 Å². The minimum absolute atomic E-state index is 0.0916. The zero-order chi connectivity index (χ0) is 18.2. The highest BCUT2D eigenvalue weighted by Crippen LogP contribution is 2.11. The van der Waals surface area contributed by atoms with Crippen molar-refractivity contribution in [1.82, 2.24) is 15.5 Å². The molecule has 132 valence electrons. The van der Waals surface area contributed by atoms with Crippen LogP contribution in [0.15, 0.2) is 53.5 Å². The normalized spacial score (nSPS) is 11.1. The van der Waals surface area contributed by atoms with Crippen LogP contribution in [-0.2, 0) is 13.1 Å². The molecule has 2 rings (SSSR count). The van der Waals surface area contributed by atoms with Crippen LogP contribution < -0.4 is 10.6 Å². The number of nitrogens with zero attached hydrogens (tertiary/aromatic N) is 2. The second-order valence-corrected chi connectivity index (χ2v) is 6.10. The van der Waals surface area contributed by atoms with Crippen LogP contribution in [0.4, 0.5) is 0 Å². The highest BCUT2D eigenvalue weighted by atomic mass is 35.5. The van der Waals surface area contributed by atoms with Crippen LogP contribution in [0.25, 0.3) is 0 Å². The van der Waals surface area contributed by atoms with Crippen molar-refractivity contribution < 1.29 is 4.79 Å². The molecule has 0 saturated carbocycles. The fraction of sp³-hybridized carbons (Fsp3) is 0.263. The molecular weight excluding hydrogens is 336 g/mol. The number of halogens is 1. The zero-order valence-corrected chi connectivity index (χ0v) is 15.5. The number of nitrogens with one attached hydrogen (secondary N) is 2. The third-order valence-corrected chi connectivity index (χ3v) is 4.03. The summed E-state index contributed by atoms with van der Waals surface area (Å²) in [4.78, 5) is 18.1. The van der Waals surface area contributed by atoms with Gasteiger partial charge in [-0.05, 0) is 35.4 Å². The van der Waals surface area contributed by atoms with Crippen LogP contribution in [0.2, 0.25) is 5.02 Å². The molecule has 0 radical (unpaired) electrons. The smallest absolute Gasteiger partial charge is 0.251 e. The molecule has 2 aromatic carbocycles. The molecular formula is C19H23ClN4O. The first-order chi connectivity index (χ1) is 12.0. The van der Waals surface area contributed by atoms with Crippen molar-refractivity contribution in [3.63, 3.8) is 0 Å². The highest BCUT2D eigenvalue weighted by Gasteiger charge is 2.08. The Balaban J connectivity index is 1.97. The van der Waals surface area contributed by atoms with Crippen molar-refractivity contribution in [2.75, 3.05) is 21.1 Å². The van der Waals surface area contributed by atoms with Gasteiger partial charge >= 0.3 is 0 Å². The largest absolute Gasteiger partial charge is 0.355 e. The minimum atomic E-state index is -0.0916. The molecule has 2 aromatic rings. The third kappa shape index (κ3) is 5.50. The molecule has 2 N–H and O–H groups in total. The summed E-state index contributed by atoms with van der Waals surface area (Å²) in [5.41, 5.74) is 2.81. The van der Waals surface area contributed by atoms with Gasteiger partial charge in [-0.1, -0.05) is 35.9 Å². The van der Waals surface area contributed by atoms with Crippen molar-refractivity contribution in [1.29, 1.82) is 0 Å². The summed E-state index contributed by atoms with van der Waals surface area (Å²) in [6.07, 6.45) is 0. The summed E-state index contributed by atoms with van der Waals surface area (Å²) in [6, 6.07) is 15.3. The quantitative estimate of drug-likeness (QED) is 0.638. The zero-order valence-electron chi connectivity index (χ0n) is 14.7. The van der Waals surface area contributed by atoms with Gasteiger partial charge in [0.1, 0.15) is 0 Å². The van der Waals surface area contributed by atoms with Crippen LogP contribution >= 0.6 is 11.6 Å². The van der Waals surface area contributed by atoms with E-state index in [-0.39, 0.29) is 5.91 Å². The first-order valence-electron chi connectivity index (χ1n) is 8.00. The molecule has 0 aliphatic heterocycles. The fourth-order valence-electron chi connectivity index (χ4n) is 2.47. The summed E-state index contributed by atoms with van der Waals surface area (Å²) in [7, 11) is 5.35. The van der Waals surface area contributed by atoms with E-state index in [4.69, 9.17) is 11.6 Å². The van der Waals surface area contributed by atoms with Gasteiger partial charge in [0, 0.05) is 44.8 Å². The Morgan fingerprint density at radius 1 is 1.16 bits per heavy atom. The molecule has 0 fully saturated rings. The van der Waals surface area contributed by atoms with Crippen LogP contribution in [0, 0.1) is 0 Å². The molecule has 0 saturated heterocycles. The van der Waals surface area contributed by atoms with Gasteiger partial charge in [0.05, 0.1) is 0 Å². The molecule has 1 amide bonds. The molecule has 0 heterocycles. The Bertz CT molecular complexity index is 743. The number of amides is 1. The van der Waals surface area contributed by atoms with E-state index in [2.05, 4.69) is 15.6 Å². The maximum atomic E-state index is 11.7. The van der Waals surface area contributed by atoms with Crippen LogP contribution in [0.5, 0.6) is 0 Å². The molecule has 0 unspecified atom stereocenters. The van der Waals surface area contributed by atoms with Crippen molar-refractivity contribution in [3.05, 3.63) is 70.2 Å². The lowest BCUT2D eigenvalue weighted by Crippen LogP contribution is -2.38. The molecule has 0 bridgehead atoms. The molecule has 0 atom stereocenters. The van der Waals surface area contributed by atoms with Crippen molar-refractivity contribution in [3.8, 4) is 0 Å². The average Bonchev–Trinajstić information content (AvgIpc) is 2.63. The second kappa shape index (κ2) is 9.08. The van der Waals surface area contributed by atoms with Crippen LogP contribution in [0.3, 0.4) is 0 Å². The molecule has 0 aromatic heterocycles. The maximum absolute atomic E-state index is 11.7. The van der Waals surface area contributed by atoms with E-state index in [9.17, 15) is 4.79 Å². The van der Waals surface area contributed by atoms with Gasteiger partial charge in [-0.3, -0.25) is 9.79 Å². The monoisotopic (exact) mass is 358 g/mol. The standard InChI is InChI=1S/C19H23ClN4O/c1-21-18(25)16-6-4-5-15(11-16)12-23-19(22-2)24(3)13-14-7-9-17(20)10-8-14/h4-11H,12-13H2,1-3H3,(H,21,25)(H,22,23). The molecule has 0 aliphatic rings. The van der Waals surface area contributed by atoms with Gasteiger partial charge in [0.15, 0.2) is 5.96 Å². The van der Waals surface area contributed by atoms with E-state index in [1.165, 1.54) is 0 Å². The molecule has 5 nitrogen and oxygen atoms in total. The third-order valence-electron chi connectivity index (χ3n) is 3.77. The van der Waals surface area contributed by atoms with E-state index in [0.29, 0.717) is 12.1 Å². The summed E-state index contributed by atoms with van der Waals surface area (Å²) in [5.74, 6) is 0.686. The Morgan fingerprint density at radius 3 is 2.52 bits per heavy atom. The maximum Gasteiger partial charge on any atom is 0.251 e. The highest BCUT2D eigenvalue weighted by molar-refractivity contribution is 6.30. The summed E-state index contributed by atoms with van der Waals surface area (Å²) in [5, 5.41) is 6.68. The van der Waals surface area contributed by atoms with E-state index >= 15 is 0 Å². The summed E-state index contributed by atoms with van der Waals surface area (Å²) in [6.45, 7) is 1.30. The number of carbonyl (C=O) groups excluding carboxylic acids is 1. The molecule has 6 heteroatoms. The lowest BCUT2D eigenvalue weighted by atomic mass is 10.1. The average molecular weight is 359 g/mol. The summed E-state index contributed by atoms with van der Waals surface area (Å²) >= 11 is 5.92. The molecule has 25 heavy (non-hydrogen) atoms. The van der Waals surface area contributed by atoms with Crippen molar-refractivity contribution in [2.24, 2.45) is 4.99 Å². The van der Waals surface area contributed by atoms with Gasteiger partial charge < -0.3 is 15.5 Å². The predicted molar refractivity (Wildman–Crippen MR) is 103 cm³/mol. The van der Waals surface area contributed by atoms with E-state index in [1.807, 2.05) is 54.4 Å². The van der Waals surface area contributed by atoms with Crippen LogP contribution in [-0.4, -0.2) is 37.9 Å². The van der Waals surface area contributed by atoms with E-state index in [1.54, 1.807) is 20.2 Å². The SMILES string of the molecule is CN=C(NCc1cccc(C(=O)NC)c1)N(C)Cc1ccc(Cl)cc1. The van der Waals surface area contributed by atoms with Crippen molar-refractivity contribution in [2.45, 2.75) is 13.1 Å². The van der Waals surface area contributed by atoms with E-state index < -0.39 is 0 Å².